The summed E-state index contributed by atoms with van der Waals surface area (Å²) in [4.78, 5) is 26.3. The predicted molar refractivity (Wildman–Crippen MR) is 93.9 cm³/mol. The molecule has 2 amide bonds. The van der Waals surface area contributed by atoms with Gasteiger partial charge in [0.1, 0.15) is 0 Å². The molecule has 1 N–H and O–H groups in total. The molecule has 0 saturated carbocycles. The van der Waals surface area contributed by atoms with E-state index in [0.29, 0.717) is 25.5 Å². The Morgan fingerprint density at radius 2 is 1.96 bits per heavy atom. The molecule has 24 heavy (non-hydrogen) atoms. The van der Waals surface area contributed by atoms with Crippen LogP contribution in [0.15, 0.2) is 24.3 Å². The summed E-state index contributed by atoms with van der Waals surface area (Å²) in [5.74, 6) is 0.744. The summed E-state index contributed by atoms with van der Waals surface area (Å²) in [5, 5.41) is 2.85. The van der Waals surface area contributed by atoms with E-state index in [9.17, 15) is 9.59 Å². The summed E-state index contributed by atoms with van der Waals surface area (Å²) in [6.45, 7) is 4.65. The van der Waals surface area contributed by atoms with Crippen molar-refractivity contribution in [3.8, 4) is 0 Å². The second kappa shape index (κ2) is 9.42. The molecule has 1 aliphatic heterocycles. The summed E-state index contributed by atoms with van der Waals surface area (Å²) < 4.78 is 4.91. The molecule has 0 atom stereocenters. The zero-order valence-electron chi connectivity index (χ0n) is 14.7. The van der Waals surface area contributed by atoms with Crippen LogP contribution in [0.2, 0.25) is 0 Å². The van der Waals surface area contributed by atoms with Gasteiger partial charge in [0, 0.05) is 38.7 Å². The smallest absolute Gasteiger partial charge is 0.254 e. The molecular formula is C19H28N2O3. The van der Waals surface area contributed by atoms with E-state index in [1.807, 2.05) is 36.1 Å². The number of likely N-dealkylation sites (tertiary alicyclic amines) is 1. The first-order valence-electron chi connectivity index (χ1n) is 8.72. The van der Waals surface area contributed by atoms with E-state index < -0.39 is 0 Å². The second-order valence-electron chi connectivity index (χ2n) is 6.43. The Morgan fingerprint density at radius 3 is 2.62 bits per heavy atom. The molecule has 0 aromatic heterocycles. The standard InChI is InChI=1S/C19H28N2O3/c1-15-5-3-4-6-17(15)19(23)21-12-9-16(10-13-21)7-8-18(22)20-11-14-24-2/h3-6,16H,7-14H2,1-2H3,(H,20,22). The van der Waals surface area contributed by atoms with Gasteiger partial charge in [-0.25, -0.2) is 0 Å². The van der Waals surface area contributed by atoms with Gasteiger partial charge in [0.25, 0.3) is 5.91 Å². The van der Waals surface area contributed by atoms with Gasteiger partial charge in [-0.1, -0.05) is 18.2 Å². The maximum atomic E-state index is 12.6. The number of aryl methyl sites for hydroxylation is 1. The van der Waals surface area contributed by atoms with Crippen LogP contribution in [0.4, 0.5) is 0 Å². The van der Waals surface area contributed by atoms with E-state index in [2.05, 4.69) is 5.32 Å². The minimum absolute atomic E-state index is 0.0884. The zero-order valence-corrected chi connectivity index (χ0v) is 14.7. The van der Waals surface area contributed by atoms with Gasteiger partial charge in [0.05, 0.1) is 6.61 Å². The van der Waals surface area contributed by atoms with Gasteiger partial charge in [0.15, 0.2) is 0 Å². The van der Waals surface area contributed by atoms with Crippen LogP contribution in [0, 0.1) is 12.8 Å². The van der Waals surface area contributed by atoms with Crippen molar-refractivity contribution < 1.29 is 14.3 Å². The number of benzene rings is 1. The first-order valence-corrected chi connectivity index (χ1v) is 8.72. The highest BCUT2D eigenvalue weighted by Crippen LogP contribution is 2.23. The average molecular weight is 332 g/mol. The quantitative estimate of drug-likeness (QED) is 0.780. The van der Waals surface area contributed by atoms with Crippen LogP contribution in [0.1, 0.15) is 41.6 Å². The van der Waals surface area contributed by atoms with E-state index >= 15 is 0 Å². The van der Waals surface area contributed by atoms with Gasteiger partial charge >= 0.3 is 0 Å². The Labute approximate surface area is 144 Å². The summed E-state index contributed by atoms with van der Waals surface area (Å²) in [6.07, 6.45) is 3.40. The monoisotopic (exact) mass is 332 g/mol. The third-order valence-corrected chi connectivity index (χ3v) is 4.69. The Morgan fingerprint density at radius 1 is 1.25 bits per heavy atom. The highest BCUT2D eigenvalue weighted by Gasteiger charge is 2.24. The highest BCUT2D eigenvalue weighted by atomic mass is 16.5. The van der Waals surface area contributed by atoms with Gasteiger partial charge in [-0.05, 0) is 43.7 Å². The first-order chi connectivity index (χ1) is 11.6. The minimum Gasteiger partial charge on any atom is -0.383 e. The van der Waals surface area contributed by atoms with E-state index in [4.69, 9.17) is 4.74 Å². The molecule has 1 fully saturated rings. The SMILES string of the molecule is COCCNC(=O)CCC1CCN(C(=O)c2ccccc2C)CC1. The van der Waals surface area contributed by atoms with Crippen LogP contribution in [-0.4, -0.2) is 50.1 Å². The molecule has 5 nitrogen and oxygen atoms in total. The highest BCUT2D eigenvalue weighted by molar-refractivity contribution is 5.95. The molecule has 1 aliphatic rings. The molecule has 132 valence electrons. The van der Waals surface area contributed by atoms with Crippen molar-refractivity contribution in [2.24, 2.45) is 5.92 Å². The number of carbonyl (C=O) groups is 2. The van der Waals surface area contributed by atoms with Crippen molar-refractivity contribution in [3.05, 3.63) is 35.4 Å². The Balaban J connectivity index is 1.72. The fourth-order valence-electron chi connectivity index (χ4n) is 3.12. The van der Waals surface area contributed by atoms with Crippen molar-refractivity contribution in [3.63, 3.8) is 0 Å². The molecule has 0 unspecified atom stereocenters. The molecular weight excluding hydrogens is 304 g/mol. The number of hydrogen-bond acceptors (Lipinski definition) is 3. The number of piperidine rings is 1. The molecule has 1 saturated heterocycles. The van der Waals surface area contributed by atoms with Gasteiger partial charge in [-0.2, -0.15) is 0 Å². The topological polar surface area (TPSA) is 58.6 Å². The van der Waals surface area contributed by atoms with E-state index in [1.165, 1.54) is 0 Å². The summed E-state index contributed by atoms with van der Waals surface area (Å²) in [7, 11) is 1.62. The fraction of sp³-hybridized carbons (Fsp3) is 0.579. The van der Waals surface area contributed by atoms with Crippen LogP contribution in [0.25, 0.3) is 0 Å². The van der Waals surface area contributed by atoms with E-state index in [-0.39, 0.29) is 11.8 Å². The molecule has 0 bridgehead atoms. The number of rotatable bonds is 7. The normalized spacial score (nSPS) is 15.3. The largest absolute Gasteiger partial charge is 0.383 e. The third-order valence-electron chi connectivity index (χ3n) is 4.69. The molecule has 1 heterocycles. The van der Waals surface area contributed by atoms with E-state index in [1.54, 1.807) is 7.11 Å². The lowest BCUT2D eigenvalue weighted by Gasteiger charge is -2.32. The molecule has 1 aromatic carbocycles. The lowest BCUT2D eigenvalue weighted by molar-refractivity contribution is -0.121. The lowest BCUT2D eigenvalue weighted by atomic mass is 9.91. The van der Waals surface area contributed by atoms with Crippen LogP contribution in [-0.2, 0) is 9.53 Å². The maximum Gasteiger partial charge on any atom is 0.254 e. The Bertz CT molecular complexity index is 551. The van der Waals surface area contributed by atoms with Gasteiger partial charge < -0.3 is 15.0 Å². The number of ether oxygens (including phenoxy) is 1. The summed E-state index contributed by atoms with van der Waals surface area (Å²) in [6, 6.07) is 7.74. The molecule has 0 radical (unpaired) electrons. The van der Waals surface area contributed by atoms with Crippen molar-refractivity contribution >= 4 is 11.8 Å². The zero-order chi connectivity index (χ0) is 17.4. The number of methoxy groups -OCH3 is 1. The van der Waals surface area contributed by atoms with Crippen LogP contribution in [0.3, 0.4) is 0 Å². The number of hydrogen-bond donors (Lipinski definition) is 1. The maximum absolute atomic E-state index is 12.6. The Kier molecular flexibility index (Phi) is 7.25. The second-order valence-corrected chi connectivity index (χ2v) is 6.43. The van der Waals surface area contributed by atoms with Crippen molar-refractivity contribution in [1.29, 1.82) is 0 Å². The molecule has 5 heteroatoms. The number of nitrogens with zero attached hydrogens (tertiary/aromatic N) is 1. The third kappa shape index (κ3) is 5.34. The van der Waals surface area contributed by atoms with Crippen molar-refractivity contribution in [2.45, 2.75) is 32.6 Å². The van der Waals surface area contributed by atoms with Gasteiger partial charge in [-0.3, -0.25) is 9.59 Å². The fourth-order valence-corrected chi connectivity index (χ4v) is 3.12. The van der Waals surface area contributed by atoms with Crippen LogP contribution in [0.5, 0.6) is 0 Å². The Hall–Kier alpha value is -1.88. The predicted octanol–water partition coefficient (Wildman–Crippen LogP) is 2.39. The summed E-state index contributed by atoms with van der Waals surface area (Å²) >= 11 is 0. The molecule has 0 spiro atoms. The van der Waals surface area contributed by atoms with Gasteiger partial charge in [0.2, 0.25) is 5.91 Å². The van der Waals surface area contributed by atoms with Crippen molar-refractivity contribution in [2.75, 3.05) is 33.4 Å². The summed E-state index contributed by atoms with van der Waals surface area (Å²) in [5.41, 5.74) is 1.82. The van der Waals surface area contributed by atoms with Crippen LogP contribution < -0.4 is 5.32 Å². The number of amides is 2. The van der Waals surface area contributed by atoms with Crippen molar-refractivity contribution in [1.82, 2.24) is 10.2 Å². The average Bonchev–Trinajstić information content (AvgIpc) is 2.60. The lowest BCUT2D eigenvalue weighted by Crippen LogP contribution is -2.39. The first kappa shape index (κ1) is 18.5. The van der Waals surface area contributed by atoms with E-state index in [0.717, 1.165) is 43.5 Å². The number of carbonyl (C=O) groups excluding carboxylic acids is 2. The minimum atomic E-state index is 0.0884. The van der Waals surface area contributed by atoms with Crippen LogP contribution >= 0.6 is 0 Å². The molecule has 1 aromatic rings. The van der Waals surface area contributed by atoms with Gasteiger partial charge in [-0.15, -0.1) is 0 Å². The molecule has 2 rings (SSSR count). The molecule has 0 aliphatic carbocycles. The number of nitrogens with one attached hydrogen (secondary N) is 1.